The predicted molar refractivity (Wildman–Crippen MR) is 143 cm³/mol. The Morgan fingerprint density at radius 2 is 1.47 bits per heavy atom. The van der Waals surface area contributed by atoms with Crippen LogP contribution in [0.5, 0.6) is 0 Å². The number of fused-ring (bicyclic) bond motifs is 2. The van der Waals surface area contributed by atoms with Gasteiger partial charge in [0.2, 0.25) is 5.91 Å². The first-order chi connectivity index (χ1) is 17.6. The molecule has 2 heterocycles. The van der Waals surface area contributed by atoms with Gasteiger partial charge >= 0.3 is 0 Å². The standard InChI is InChI=1S/C28H19N5OS2/c29-16-19-26(18-8-2-1-3-9-18)20(17-30)28(32-27(19)31)35-15-14-25(34)33-21-10-4-6-12-23(21)36-24-13-7-5-11-22(24)33/h1-13H,14-15H2,(H2,31,32). The summed E-state index contributed by atoms with van der Waals surface area (Å²) < 4.78 is 0. The van der Waals surface area contributed by atoms with Gasteiger partial charge in [-0.3, -0.25) is 9.69 Å². The number of carbonyl (C=O) groups excluding carboxylic acids is 1. The number of nitrogens with two attached hydrogens (primary N) is 1. The van der Waals surface area contributed by atoms with E-state index in [0.717, 1.165) is 26.7 Å². The second-order valence-corrected chi connectivity index (χ2v) is 10.0. The third kappa shape index (κ3) is 4.29. The van der Waals surface area contributed by atoms with Crippen LogP contribution in [0, 0.1) is 22.7 Å². The molecule has 5 rings (SSSR count). The van der Waals surface area contributed by atoms with E-state index in [-0.39, 0.29) is 29.3 Å². The molecule has 0 radical (unpaired) electrons. The highest BCUT2D eigenvalue weighted by atomic mass is 32.2. The van der Waals surface area contributed by atoms with Gasteiger partial charge in [-0.15, -0.1) is 11.8 Å². The number of hydrogen-bond donors (Lipinski definition) is 1. The molecule has 2 N–H and O–H groups in total. The van der Waals surface area contributed by atoms with E-state index in [1.54, 1.807) is 16.7 Å². The summed E-state index contributed by atoms with van der Waals surface area (Å²) in [5.41, 5.74) is 9.49. The number of anilines is 3. The molecule has 0 saturated heterocycles. The lowest BCUT2D eigenvalue weighted by Gasteiger charge is -2.31. The molecule has 1 aromatic heterocycles. The van der Waals surface area contributed by atoms with Crippen molar-refractivity contribution in [3.63, 3.8) is 0 Å². The van der Waals surface area contributed by atoms with Gasteiger partial charge < -0.3 is 5.73 Å². The van der Waals surface area contributed by atoms with Crippen LogP contribution in [0.3, 0.4) is 0 Å². The third-order valence-electron chi connectivity index (χ3n) is 5.71. The number of hydrogen-bond acceptors (Lipinski definition) is 7. The Bertz CT molecular complexity index is 1510. The van der Waals surface area contributed by atoms with Gasteiger partial charge in [0.15, 0.2) is 0 Å². The molecule has 1 aliphatic heterocycles. The molecule has 0 bridgehead atoms. The molecule has 4 aromatic rings. The number of rotatable bonds is 5. The fraction of sp³-hybridized carbons (Fsp3) is 0.0714. The second kappa shape index (κ2) is 10.2. The van der Waals surface area contributed by atoms with E-state index in [0.29, 0.717) is 16.3 Å². The largest absolute Gasteiger partial charge is 0.383 e. The average Bonchev–Trinajstić information content (AvgIpc) is 2.91. The highest BCUT2D eigenvalue weighted by Gasteiger charge is 2.28. The summed E-state index contributed by atoms with van der Waals surface area (Å²) in [6, 6.07) is 29.2. The molecule has 0 saturated carbocycles. The summed E-state index contributed by atoms with van der Waals surface area (Å²) in [5.74, 6) is 0.417. The highest BCUT2D eigenvalue weighted by molar-refractivity contribution is 7.99. The topological polar surface area (TPSA) is 107 Å². The molecular formula is C28H19N5OS2. The van der Waals surface area contributed by atoms with Gasteiger partial charge in [0, 0.05) is 27.5 Å². The molecule has 1 aliphatic rings. The zero-order valence-corrected chi connectivity index (χ0v) is 20.6. The van der Waals surface area contributed by atoms with Crippen molar-refractivity contribution in [1.82, 2.24) is 4.98 Å². The van der Waals surface area contributed by atoms with Crippen molar-refractivity contribution < 1.29 is 4.79 Å². The Labute approximate surface area is 217 Å². The molecule has 0 atom stereocenters. The first-order valence-corrected chi connectivity index (χ1v) is 12.9. The normalized spacial score (nSPS) is 11.7. The number of nitrogens with zero attached hydrogens (tertiary/aromatic N) is 4. The average molecular weight is 506 g/mol. The van der Waals surface area contributed by atoms with Crippen molar-refractivity contribution in [1.29, 1.82) is 10.5 Å². The quantitative estimate of drug-likeness (QED) is 0.313. The minimum atomic E-state index is -0.0499. The molecule has 0 unspecified atom stereocenters. The maximum atomic E-state index is 13.5. The van der Waals surface area contributed by atoms with Gasteiger partial charge in [-0.2, -0.15) is 10.5 Å². The number of benzene rings is 3. The van der Waals surface area contributed by atoms with E-state index in [9.17, 15) is 15.3 Å². The molecule has 3 aromatic carbocycles. The lowest BCUT2D eigenvalue weighted by molar-refractivity contribution is -0.117. The Morgan fingerprint density at radius 3 is 2.08 bits per heavy atom. The number of para-hydroxylation sites is 2. The maximum Gasteiger partial charge on any atom is 0.232 e. The van der Waals surface area contributed by atoms with Crippen LogP contribution in [0.25, 0.3) is 11.1 Å². The van der Waals surface area contributed by atoms with Crippen LogP contribution in [0.15, 0.2) is 93.7 Å². The Kier molecular flexibility index (Phi) is 6.64. The highest BCUT2D eigenvalue weighted by Crippen LogP contribution is 2.48. The van der Waals surface area contributed by atoms with Gasteiger partial charge in [-0.1, -0.05) is 66.4 Å². The van der Waals surface area contributed by atoms with Crippen LogP contribution in [-0.4, -0.2) is 16.6 Å². The number of aromatic nitrogens is 1. The lowest BCUT2D eigenvalue weighted by Crippen LogP contribution is -2.28. The fourth-order valence-corrected chi connectivity index (χ4v) is 6.10. The summed E-state index contributed by atoms with van der Waals surface area (Å²) in [6.45, 7) is 0. The van der Waals surface area contributed by atoms with Crippen molar-refractivity contribution in [2.75, 3.05) is 16.4 Å². The van der Waals surface area contributed by atoms with Gasteiger partial charge in [-0.05, 0) is 29.8 Å². The van der Waals surface area contributed by atoms with Crippen LogP contribution < -0.4 is 10.6 Å². The Balaban J connectivity index is 1.42. The molecular weight excluding hydrogens is 486 g/mol. The Hall–Kier alpha value is -4.24. The summed E-state index contributed by atoms with van der Waals surface area (Å²) in [7, 11) is 0. The van der Waals surface area contributed by atoms with E-state index in [4.69, 9.17) is 5.73 Å². The van der Waals surface area contributed by atoms with Gasteiger partial charge in [0.1, 0.15) is 28.5 Å². The van der Waals surface area contributed by atoms with E-state index in [1.165, 1.54) is 11.8 Å². The van der Waals surface area contributed by atoms with Crippen molar-refractivity contribution in [3.05, 3.63) is 90.0 Å². The molecule has 36 heavy (non-hydrogen) atoms. The van der Waals surface area contributed by atoms with Crippen LogP contribution in [-0.2, 0) is 4.79 Å². The Morgan fingerprint density at radius 1 is 0.889 bits per heavy atom. The molecule has 0 fully saturated rings. The number of amides is 1. The fourth-order valence-electron chi connectivity index (χ4n) is 4.12. The molecule has 8 heteroatoms. The van der Waals surface area contributed by atoms with Crippen molar-refractivity contribution in [2.45, 2.75) is 21.2 Å². The van der Waals surface area contributed by atoms with E-state index >= 15 is 0 Å². The summed E-state index contributed by atoms with van der Waals surface area (Å²) >= 11 is 2.94. The SMILES string of the molecule is N#Cc1c(N)nc(SCCC(=O)N2c3ccccc3Sc3ccccc32)c(C#N)c1-c1ccccc1. The second-order valence-electron chi connectivity index (χ2n) is 7.88. The minimum Gasteiger partial charge on any atom is -0.383 e. The number of thioether (sulfide) groups is 1. The zero-order valence-electron chi connectivity index (χ0n) is 19.0. The first kappa shape index (κ1) is 23.5. The number of nitrogen functional groups attached to an aromatic ring is 1. The first-order valence-electron chi connectivity index (χ1n) is 11.1. The van der Waals surface area contributed by atoms with Crippen LogP contribution in [0.4, 0.5) is 17.2 Å². The molecule has 0 aliphatic carbocycles. The van der Waals surface area contributed by atoms with Gasteiger partial charge in [0.25, 0.3) is 0 Å². The lowest BCUT2D eigenvalue weighted by atomic mass is 9.97. The molecule has 0 spiro atoms. The smallest absolute Gasteiger partial charge is 0.232 e. The third-order valence-corrected chi connectivity index (χ3v) is 7.82. The van der Waals surface area contributed by atoms with E-state index in [1.807, 2.05) is 78.9 Å². The van der Waals surface area contributed by atoms with Gasteiger partial charge in [-0.25, -0.2) is 4.98 Å². The number of nitriles is 2. The van der Waals surface area contributed by atoms with Crippen molar-refractivity contribution in [3.8, 4) is 23.3 Å². The van der Waals surface area contributed by atoms with Gasteiger partial charge in [0.05, 0.1) is 16.9 Å². The number of pyridine rings is 1. The van der Waals surface area contributed by atoms with Crippen molar-refractivity contribution >= 4 is 46.6 Å². The maximum absolute atomic E-state index is 13.5. The van der Waals surface area contributed by atoms with Crippen LogP contribution in [0.1, 0.15) is 17.5 Å². The summed E-state index contributed by atoms with van der Waals surface area (Å²) in [6.07, 6.45) is 0.227. The van der Waals surface area contributed by atoms with E-state index < -0.39 is 0 Å². The summed E-state index contributed by atoms with van der Waals surface area (Å²) in [5, 5.41) is 20.1. The predicted octanol–water partition coefficient (Wildman–Crippen LogP) is 6.39. The molecule has 1 amide bonds. The van der Waals surface area contributed by atoms with Crippen LogP contribution >= 0.6 is 23.5 Å². The van der Waals surface area contributed by atoms with Crippen molar-refractivity contribution in [2.24, 2.45) is 0 Å². The number of carbonyl (C=O) groups is 1. The molecule has 174 valence electrons. The summed E-state index contributed by atoms with van der Waals surface area (Å²) in [4.78, 5) is 21.6. The van der Waals surface area contributed by atoms with E-state index in [2.05, 4.69) is 17.1 Å². The minimum absolute atomic E-state index is 0.0499. The monoisotopic (exact) mass is 505 g/mol. The molecule has 6 nitrogen and oxygen atoms in total. The van der Waals surface area contributed by atoms with Crippen LogP contribution in [0.2, 0.25) is 0 Å². The zero-order chi connectivity index (χ0) is 25.1.